The smallest absolute Gasteiger partial charge is 0.0901 e. The first-order chi connectivity index (χ1) is 9.31. The molecule has 0 radical (unpaired) electrons. The van der Waals surface area contributed by atoms with Crippen molar-refractivity contribution >= 4 is 0 Å². The summed E-state index contributed by atoms with van der Waals surface area (Å²) in [5.74, 6) is 0. The Bertz CT molecular complexity index is 261. The predicted octanol–water partition coefficient (Wildman–Crippen LogP) is 6.53. The van der Waals surface area contributed by atoms with E-state index in [0.717, 1.165) is 12.8 Å². The van der Waals surface area contributed by atoms with Gasteiger partial charge in [0.2, 0.25) is 0 Å². The fourth-order valence-electron chi connectivity index (χ4n) is 1.88. The highest BCUT2D eigenvalue weighted by Gasteiger charge is 1.93. The second-order valence-corrected chi connectivity index (χ2v) is 5.14. The summed E-state index contributed by atoms with van der Waals surface area (Å²) in [5, 5.41) is 0. The SMILES string of the molecule is CC/C=C\C=C/OC=C(C)CCCCCCCCC. The van der Waals surface area contributed by atoms with E-state index in [9.17, 15) is 0 Å². The van der Waals surface area contributed by atoms with Crippen LogP contribution in [0.2, 0.25) is 0 Å². The van der Waals surface area contributed by atoms with E-state index >= 15 is 0 Å². The molecule has 0 amide bonds. The number of hydrogen-bond donors (Lipinski definition) is 0. The summed E-state index contributed by atoms with van der Waals surface area (Å²) >= 11 is 0. The quantitative estimate of drug-likeness (QED) is 0.221. The fourth-order valence-corrected chi connectivity index (χ4v) is 1.88. The van der Waals surface area contributed by atoms with Crippen molar-refractivity contribution < 1.29 is 4.74 Å². The first-order valence-corrected chi connectivity index (χ1v) is 7.94. The van der Waals surface area contributed by atoms with Gasteiger partial charge < -0.3 is 4.74 Å². The second kappa shape index (κ2) is 15.1. The molecule has 0 unspecified atom stereocenters. The summed E-state index contributed by atoms with van der Waals surface area (Å²) in [5.41, 5.74) is 1.33. The van der Waals surface area contributed by atoms with Crippen molar-refractivity contribution in [1.29, 1.82) is 0 Å². The van der Waals surface area contributed by atoms with Gasteiger partial charge in [-0.25, -0.2) is 0 Å². The summed E-state index contributed by atoms with van der Waals surface area (Å²) in [7, 11) is 0. The highest BCUT2D eigenvalue weighted by atomic mass is 16.5. The van der Waals surface area contributed by atoms with Gasteiger partial charge in [0.25, 0.3) is 0 Å². The van der Waals surface area contributed by atoms with Crippen molar-refractivity contribution in [2.45, 2.75) is 78.6 Å². The third-order valence-electron chi connectivity index (χ3n) is 3.08. The molecule has 110 valence electrons. The van der Waals surface area contributed by atoms with Gasteiger partial charge in [0.05, 0.1) is 12.5 Å². The van der Waals surface area contributed by atoms with Crippen LogP contribution in [0.4, 0.5) is 0 Å². The Kier molecular flexibility index (Phi) is 14.3. The normalized spacial score (nSPS) is 12.7. The monoisotopic (exact) mass is 264 g/mol. The lowest BCUT2D eigenvalue weighted by Gasteiger charge is -2.02. The molecule has 0 bridgehead atoms. The first-order valence-electron chi connectivity index (χ1n) is 7.94. The van der Waals surface area contributed by atoms with Gasteiger partial charge in [0, 0.05) is 0 Å². The highest BCUT2D eigenvalue weighted by Crippen LogP contribution is 2.12. The van der Waals surface area contributed by atoms with Crippen LogP contribution in [-0.4, -0.2) is 0 Å². The number of hydrogen-bond acceptors (Lipinski definition) is 1. The number of allylic oxidation sites excluding steroid dienone is 4. The van der Waals surface area contributed by atoms with E-state index < -0.39 is 0 Å². The minimum Gasteiger partial charge on any atom is -0.473 e. The lowest BCUT2D eigenvalue weighted by atomic mass is 10.1. The molecule has 0 aromatic rings. The lowest BCUT2D eigenvalue weighted by Crippen LogP contribution is -1.82. The Labute approximate surface area is 120 Å². The summed E-state index contributed by atoms with van der Waals surface area (Å²) in [6.07, 6.45) is 21.4. The van der Waals surface area contributed by atoms with Crippen LogP contribution in [-0.2, 0) is 4.74 Å². The van der Waals surface area contributed by atoms with Gasteiger partial charge in [-0.15, -0.1) is 0 Å². The largest absolute Gasteiger partial charge is 0.473 e. The van der Waals surface area contributed by atoms with E-state index in [1.165, 1.54) is 50.5 Å². The fraction of sp³-hybridized carbons (Fsp3) is 0.667. The number of rotatable bonds is 12. The van der Waals surface area contributed by atoms with Gasteiger partial charge in [-0.2, -0.15) is 0 Å². The molecule has 1 heteroatoms. The zero-order valence-corrected chi connectivity index (χ0v) is 13.2. The van der Waals surface area contributed by atoms with Gasteiger partial charge in [0.15, 0.2) is 0 Å². The highest BCUT2D eigenvalue weighted by molar-refractivity contribution is 5.00. The maximum absolute atomic E-state index is 5.36. The maximum Gasteiger partial charge on any atom is 0.0901 e. The molecule has 0 fully saturated rings. The van der Waals surface area contributed by atoms with Crippen molar-refractivity contribution in [3.63, 3.8) is 0 Å². The topological polar surface area (TPSA) is 9.23 Å². The minimum atomic E-state index is 1.07. The van der Waals surface area contributed by atoms with E-state index in [0.29, 0.717) is 0 Å². The van der Waals surface area contributed by atoms with Crippen molar-refractivity contribution in [3.05, 3.63) is 36.3 Å². The van der Waals surface area contributed by atoms with E-state index in [-0.39, 0.29) is 0 Å². The Balaban J connectivity index is 3.44. The minimum absolute atomic E-state index is 1.07. The van der Waals surface area contributed by atoms with Gasteiger partial charge in [-0.05, 0) is 37.8 Å². The summed E-state index contributed by atoms with van der Waals surface area (Å²) < 4.78 is 5.36. The van der Waals surface area contributed by atoms with Crippen LogP contribution in [0.25, 0.3) is 0 Å². The zero-order valence-electron chi connectivity index (χ0n) is 13.2. The average Bonchev–Trinajstić information content (AvgIpc) is 2.41. The summed E-state index contributed by atoms with van der Waals surface area (Å²) in [4.78, 5) is 0. The van der Waals surface area contributed by atoms with E-state index in [2.05, 4.69) is 26.8 Å². The van der Waals surface area contributed by atoms with E-state index in [4.69, 9.17) is 4.74 Å². The summed E-state index contributed by atoms with van der Waals surface area (Å²) in [6, 6.07) is 0. The Morgan fingerprint density at radius 2 is 1.58 bits per heavy atom. The molecule has 0 spiro atoms. The molecule has 19 heavy (non-hydrogen) atoms. The van der Waals surface area contributed by atoms with Crippen molar-refractivity contribution in [1.82, 2.24) is 0 Å². The number of ether oxygens (including phenoxy) is 1. The van der Waals surface area contributed by atoms with Gasteiger partial charge in [-0.3, -0.25) is 0 Å². The Hall–Kier alpha value is -0.980. The molecule has 0 N–H and O–H groups in total. The molecule has 0 aromatic heterocycles. The van der Waals surface area contributed by atoms with Crippen molar-refractivity contribution in [3.8, 4) is 0 Å². The standard InChI is InChI=1S/C18H32O/c1-4-6-8-10-11-12-13-15-18(3)17-19-16-14-9-7-5-2/h7,9,14,16-17H,4-6,8,10-13,15H2,1-3H3/b9-7-,16-14-,18-17?. The Morgan fingerprint density at radius 1 is 0.895 bits per heavy atom. The van der Waals surface area contributed by atoms with Crippen LogP contribution in [0.5, 0.6) is 0 Å². The molecular weight excluding hydrogens is 232 g/mol. The molecule has 0 aromatic carbocycles. The van der Waals surface area contributed by atoms with Crippen LogP contribution in [0.1, 0.15) is 78.6 Å². The molecule has 0 rings (SSSR count). The second-order valence-electron chi connectivity index (χ2n) is 5.14. The molecule has 0 aliphatic heterocycles. The predicted molar refractivity (Wildman–Crippen MR) is 86.0 cm³/mol. The van der Waals surface area contributed by atoms with E-state index in [1.807, 2.05) is 18.4 Å². The molecule has 0 aliphatic carbocycles. The van der Waals surface area contributed by atoms with Gasteiger partial charge >= 0.3 is 0 Å². The Morgan fingerprint density at radius 3 is 2.26 bits per heavy atom. The average molecular weight is 264 g/mol. The van der Waals surface area contributed by atoms with Gasteiger partial charge in [0.1, 0.15) is 0 Å². The van der Waals surface area contributed by atoms with Crippen LogP contribution in [0.15, 0.2) is 36.3 Å². The molecular formula is C18H32O. The van der Waals surface area contributed by atoms with E-state index in [1.54, 1.807) is 6.26 Å². The molecule has 1 nitrogen and oxygen atoms in total. The van der Waals surface area contributed by atoms with Crippen LogP contribution >= 0.6 is 0 Å². The number of unbranched alkanes of at least 4 members (excludes halogenated alkanes) is 6. The molecule has 0 saturated carbocycles. The molecule has 0 saturated heterocycles. The molecule has 0 atom stereocenters. The van der Waals surface area contributed by atoms with Crippen LogP contribution in [0.3, 0.4) is 0 Å². The van der Waals surface area contributed by atoms with Gasteiger partial charge in [-0.1, -0.05) is 64.5 Å². The third kappa shape index (κ3) is 15.0. The van der Waals surface area contributed by atoms with Crippen molar-refractivity contribution in [2.75, 3.05) is 0 Å². The lowest BCUT2D eigenvalue weighted by molar-refractivity contribution is 0.395. The third-order valence-corrected chi connectivity index (χ3v) is 3.08. The molecule has 0 heterocycles. The molecule has 0 aliphatic rings. The van der Waals surface area contributed by atoms with Crippen molar-refractivity contribution in [2.24, 2.45) is 0 Å². The van der Waals surface area contributed by atoms with Crippen LogP contribution < -0.4 is 0 Å². The maximum atomic E-state index is 5.36. The first kappa shape index (κ1) is 18.0. The zero-order chi connectivity index (χ0) is 14.2. The summed E-state index contributed by atoms with van der Waals surface area (Å²) in [6.45, 7) is 6.53. The van der Waals surface area contributed by atoms with Crippen LogP contribution in [0, 0.1) is 0 Å².